The second-order valence-electron chi connectivity index (χ2n) is 8.22. The second kappa shape index (κ2) is 9.90. The van der Waals surface area contributed by atoms with E-state index in [1.165, 1.54) is 0 Å². The Balaban J connectivity index is 1.75. The summed E-state index contributed by atoms with van der Waals surface area (Å²) in [5.41, 5.74) is 1.51. The van der Waals surface area contributed by atoms with Crippen molar-refractivity contribution in [3.63, 3.8) is 0 Å². The third-order valence-electron chi connectivity index (χ3n) is 6.28. The van der Waals surface area contributed by atoms with Crippen molar-refractivity contribution < 1.29 is 14.4 Å². The molecule has 0 spiro atoms. The lowest BCUT2D eigenvalue weighted by Gasteiger charge is -2.38. The van der Waals surface area contributed by atoms with E-state index in [-0.39, 0.29) is 23.6 Å². The minimum atomic E-state index is -0.529. The molecule has 0 bridgehead atoms. The molecular weight excluding hydrogens is 366 g/mol. The fraction of sp³-hybridized carbons (Fsp3) is 0.609. The maximum absolute atomic E-state index is 13.4. The van der Waals surface area contributed by atoms with Gasteiger partial charge in [-0.1, -0.05) is 25.1 Å². The zero-order chi connectivity index (χ0) is 20.8. The molecule has 6 heteroatoms. The van der Waals surface area contributed by atoms with Gasteiger partial charge in [-0.25, -0.2) is 0 Å². The van der Waals surface area contributed by atoms with Crippen LogP contribution in [0, 0.1) is 12.8 Å². The summed E-state index contributed by atoms with van der Waals surface area (Å²) in [4.78, 5) is 42.1. The van der Waals surface area contributed by atoms with E-state index in [1.807, 2.05) is 41.8 Å². The van der Waals surface area contributed by atoms with Gasteiger partial charge in [-0.3, -0.25) is 14.4 Å². The molecule has 0 radical (unpaired) electrons. The van der Waals surface area contributed by atoms with Crippen LogP contribution in [0.3, 0.4) is 0 Å². The first-order chi connectivity index (χ1) is 14.0. The van der Waals surface area contributed by atoms with Crippen LogP contribution < -0.4 is 5.32 Å². The van der Waals surface area contributed by atoms with Crippen molar-refractivity contribution in [2.24, 2.45) is 5.92 Å². The number of piperidine rings is 2. The van der Waals surface area contributed by atoms with Gasteiger partial charge in [-0.2, -0.15) is 0 Å². The van der Waals surface area contributed by atoms with Crippen LogP contribution in [0.2, 0.25) is 0 Å². The van der Waals surface area contributed by atoms with Crippen LogP contribution >= 0.6 is 0 Å². The van der Waals surface area contributed by atoms with Gasteiger partial charge in [-0.15, -0.1) is 0 Å². The standard InChI is InChI=1S/C23H33N3O3/c1-3-20(27)25-15-11-18(12-16-25)21(23(29)26-13-7-4-8-14-26)24-22(28)19-10-6-5-9-17(19)2/h5-6,9-10,18,21H,3-4,7-8,11-16H2,1-2H3,(H,24,28). The Labute approximate surface area is 173 Å². The van der Waals surface area contributed by atoms with E-state index in [9.17, 15) is 14.4 Å². The maximum atomic E-state index is 13.4. The Kier molecular flexibility index (Phi) is 7.29. The first-order valence-corrected chi connectivity index (χ1v) is 10.9. The summed E-state index contributed by atoms with van der Waals surface area (Å²) in [6.07, 6.45) is 5.18. The number of carbonyl (C=O) groups excluding carboxylic acids is 3. The maximum Gasteiger partial charge on any atom is 0.252 e. The molecule has 0 saturated carbocycles. The molecule has 2 heterocycles. The molecule has 0 aromatic heterocycles. The van der Waals surface area contributed by atoms with E-state index < -0.39 is 6.04 Å². The number of nitrogens with one attached hydrogen (secondary N) is 1. The van der Waals surface area contributed by atoms with Gasteiger partial charge in [0.05, 0.1) is 0 Å². The summed E-state index contributed by atoms with van der Waals surface area (Å²) in [5.74, 6) is 0.0574. The Morgan fingerprint density at radius 2 is 1.66 bits per heavy atom. The molecule has 2 fully saturated rings. The third-order valence-corrected chi connectivity index (χ3v) is 6.28. The van der Waals surface area contributed by atoms with Gasteiger partial charge in [-0.05, 0) is 56.6 Å². The molecule has 29 heavy (non-hydrogen) atoms. The van der Waals surface area contributed by atoms with E-state index in [1.54, 1.807) is 6.07 Å². The van der Waals surface area contributed by atoms with Crippen LogP contribution in [0.5, 0.6) is 0 Å². The highest BCUT2D eigenvalue weighted by Gasteiger charge is 2.36. The number of hydrogen-bond acceptors (Lipinski definition) is 3. The van der Waals surface area contributed by atoms with Crippen LogP contribution in [-0.2, 0) is 9.59 Å². The smallest absolute Gasteiger partial charge is 0.252 e. The highest BCUT2D eigenvalue weighted by molar-refractivity contribution is 5.98. The molecule has 1 aromatic rings. The number of carbonyl (C=O) groups is 3. The number of hydrogen-bond donors (Lipinski definition) is 1. The van der Waals surface area contributed by atoms with Crippen molar-refractivity contribution in [1.82, 2.24) is 15.1 Å². The Bertz CT molecular complexity index is 735. The second-order valence-corrected chi connectivity index (χ2v) is 8.22. The highest BCUT2D eigenvalue weighted by Crippen LogP contribution is 2.24. The molecule has 6 nitrogen and oxygen atoms in total. The van der Waals surface area contributed by atoms with Crippen molar-refractivity contribution >= 4 is 17.7 Å². The number of aryl methyl sites for hydroxylation is 1. The average molecular weight is 400 g/mol. The molecule has 2 aliphatic heterocycles. The van der Waals surface area contributed by atoms with E-state index in [4.69, 9.17) is 0 Å². The summed E-state index contributed by atoms with van der Waals surface area (Å²) in [6.45, 7) is 6.62. The quantitative estimate of drug-likeness (QED) is 0.828. The summed E-state index contributed by atoms with van der Waals surface area (Å²) < 4.78 is 0. The monoisotopic (exact) mass is 399 g/mol. The fourth-order valence-corrected chi connectivity index (χ4v) is 4.44. The van der Waals surface area contributed by atoms with Gasteiger partial charge in [0.2, 0.25) is 11.8 Å². The zero-order valence-corrected chi connectivity index (χ0v) is 17.7. The van der Waals surface area contributed by atoms with Crippen molar-refractivity contribution in [1.29, 1.82) is 0 Å². The molecule has 1 aromatic carbocycles. The molecule has 1 N–H and O–H groups in total. The molecule has 3 rings (SSSR count). The fourth-order valence-electron chi connectivity index (χ4n) is 4.44. The van der Waals surface area contributed by atoms with Crippen molar-refractivity contribution in [3.8, 4) is 0 Å². The topological polar surface area (TPSA) is 69.7 Å². The molecule has 2 aliphatic rings. The Morgan fingerprint density at radius 1 is 1.00 bits per heavy atom. The lowest BCUT2D eigenvalue weighted by molar-refractivity contribution is -0.136. The number of likely N-dealkylation sites (tertiary alicyclic amines) is 2. The number of nitrogens with zero attached hydrogens (tertiary/aromatic N) is 2. The summed E-state index contributed by atoms with van der Waals surface area (Å²) in [6, 6.07) is 6.93. The van der Waals surface area contributed by atoms with Crippen LogP contribution in [0.15, 0.2) is 24.3 Å². The van der Waals surface area contributed by atoms with Crippen LogP contribution in [0.25, 0.3) is 0 Å². The predicted octanol–water partition coefficient (Wildman–Crippen LogP) is 2.75. The molecule has 3 amide bonds. The zero-order valence-electron chi connectivity index (χ0n) is 17.7. The van der Waals surface area contributed by atoms with Crippen molar-refractivity contribution in [3.05, 3.63) is 35.4 Å². The molecule has 158 valence electrons. The largest absolute Gasteiger partial charge is 0.343 e. The Hall–Kier alpha value is -2.37. The number of rotatable bonds is 5. The van der Waals surface area contributed by atoms with Gasteiger partial charge >= 0.3 is 0 Å². The molecule has 1 atom stereocenters. The predicted molar refractivity (Wildman–Crippen MR) is 112 cm³/mol. The summed E-state index contributed by atoms with van der Waals surface area (Å²) >= 11 is 0. The van der Waals surface area contributed by atoms with Gasteiger partial charge in [0, 0.05) is 38.2 Å². The van der Waals surface area contributed by atoms with E-state index in [0.29, 0.717) is 25.1 Å². The third kappa shape index (κ3) is 5.17. The molecule has 1 unspecified atom stereocenters. The first-order valence-electron chi connectivity index (χ1n) is 10.9. The lowest BCUT2D eigenvalue weighted by atomic mass is 9.87. The first kappa shape index (κ1) is 21.3. The SMILES string of the molecule is CCC(=O)N1CCC(C(NC(=O)c2ccccc2C)C(=O)N2CCCCC2)CC1. The lowest BCUT2D eigenvalue weighted by Crippen LogP contribution is -2.55. The van der Waals surface area contributed by atoms with E-state index >= 15 is 0 Å². The number of amides is 3. The van der Waals surface area contributed by atoms with E-state index in [0.717, 1.165) is 50.8 Å². The van der Waals surface area contributed by atoms with Crippen LogP contribution in [0.1, 0.15) is 61.4 Å². The van der Waals surface area contributed by atoms with Crippen LogP contribution in [0.4, 0.5) is 0 Å². The minimum Gasteiger partial charge on any atom is -0.343 e. The molecule has 2 saturated heterocycles. The van der Waals surface area contributed by atoms with Gasteiger partial charge in [0.1, 0.15) is 6.04 Å². The van der Waals surface area contributed by atoms with Gasteiger partial charge < -0.3 is 15.1 Å². The van der Waals surface area contributed by atoms with Gasteiger partial charge in [0.15, 0.2) is 0 Å². The highest BCUT2D eigenvalue weighted by atomic mass is 16.2. The van der Waals surface area contributed by atoms with Crippen molar-refractivity contribution in [2.75, 3.05) is 26.2 Å². The number of benzene rings is 1. The van der Waals surface area contributed by atoms with Crippen molar-refractivity contribution in [2.45, 2.75) is 58.4 Å². The summed E-state index contributed by atoms with van der Waals surface area (Å²) in [7, 11) is 0. The molecular formula is C23H33N3O3. The normalized spacial score (nSPS) is 19.0. The minimum absolute atomic E-state index is 0.0342. The average Bonchev–Trinajstić information content (AvgIpc) is 2.77. The Morgan fingerprint density at radius 3 is 2.28 bits per heavy atom. The van der Waals surface area contributed by atoms with E-state index in [2.05, 4.69) is 5.32 Å². The molecule has 0 aliphatic carbocycles. The summed E-state index contributed by atoms with van der Waals surface area (Å²) in [5, 5.41) is 3.07. The van der Waals surface area contributed by atoms with Gasteiger partial charge in [0.25, 0.3) is 5.91 Å². The van der Waals surface area contributed by atoms with Crippen LogP contribution in [-0.4, -0.2) is 59.7 Å².